The molecule has 1 amide bonds. The second-order valence-electron chi connectivity index (χ2n) is 12.6. The molecule has 0 aromatic heterocycles. The van der Waals surface area contributed by atoms with Gasteiger partial charge in [0.15, 0.2) is 0 Å². The number of carbonyl (C=O) groups excluding carboxylic acids is 1. The van der Waals surface area contributed by atoms with Gasteiger partial charge in [-0.1, -0.05) is 36.7 Å². The largest absolute Gasteiger partial charge is 0.490 e. The first-order chi connectivity index (χ1) is 20.6. The monoisotopic (exact) mass is 625 g/mol. The van der Waals surface area contributed by atoms with Gasteiger partial charge in [0.05, 0.1) is 18.4 Å². The standard InChI is InChI=1S/C34H44ClN3O4S/c1-5-8-23(3)20-43(36,40)37-33(39)25-11-15-32-30(18-25)38(19-26-10-13-28(26)31(6-2)41-4)21-34(22-42-32)16-7-9-24-17-27(35)12-14-29(24)34/h5-6,11-12,14-15,17-18,23,26,28,31H,1-2,7-10,13,16,19-22H2,3-4H3,(H2,36,37,39,40)/t23-,26-,28+,31-,34-,43?/m0/s1. The van der Waals surface area contributed by atoms with Gasteiger partial charge in [-0.25, -0.2) is 9.35 Å². The zero-order valence-electron chi connectivity index (χ0n) is 25.3. The van der Waals surface area contributed by atoms with E-state index in [1.165, 1.54) is 11.1 Å². The molecular weight excluding hydrogens is 582 g/mol. The van der Waals surface area contributed by atoms with Crippen molar-refractivity contribution in [1.82, 2.24) is 0 Å². The molecule has 5 rings (SSSR count). The lowest BCUT2D eigenvalue weighted by Crippen LogP contribution is -2.49. The Hall–Kier alpha value is -2.65. The minimum atomic E-state index is -3.19. The number of rotatable bonds is 10. The molecule has 232 valence electrons. The predicted molar refractivity (Wildman–Crippen MR) is 175 cm³/mol. The molecule has 2 aliphatic carbocycles. The number of halogens is 1. The van der Waals surface area contributed by atoms with Crippen molar-refractivity contribution in [1.29, 1.82) is 0 Å². The molecule has 3 aliphatic rings. The zero-order valence-corrected chi connectivity index (χ0v) is 26.9. The Bertz CT molecular complexity index is 1500. The second kappa shape index (κ2) is 13.1. The third kappa shape index (κ3) is 6.88. The Kier molecular flexibility index (Phi) is 9.71. The first-order valence-corrected chi connectivity index (χ1v) is 17.3. The fourth-order valence-corrected chi connectivity index (χ4v) is 8.83. The molecule has 0 radical (unpaired) electrons. The number of nitrogens with zero attached hydrogens (tertiary/aromatic N) is 2. The van der Waals surface area contributed by atoms with E-state index in [4.69, 9.17) is 26.2 Å². The molecule has 1 saturated carbocycles. The summed E-state index contributed by atoms with van der Waals surface area (Å²) in [5, 5.41) is 6.78. The molecule has 1 heterocycles. The number of methoxy groups -OCH3 is 1. The number of nitrogens with two attached hydrogens (primary N) is 1. The van der Waals surface area contributed by atoms with Crippen LogP contribution in [-0.4, -0.2) is 48.8 Å². The molecule has 1 fully saturated rings. The van der Waals surface area contributed by atoms with E-state index in [-0.39, 0.29) is 23.2 Å². The first kappa shape index (κ1) is 31.8. The third-order valence-electron chi connectivity index (χ3n) is 9.47. The van der Waals surface area contributed by atoms with E-state index in [1.54, 1.807) is 19.3 Å². The van der Waals surface area contributed by atoms with Crippen LogP contribution in [0.5, 0.6) is 5.75 Å². The zero-order chi connectivity index (χ0) is 30.8. The first-order valence-electron chi connectivity index (χ1n) is 15.2. The van der Waals surface area contributed by atoms with Crippen LogP contribution in [0.25, 0.3) is 0 Å². The van der Waals surface area contributed by atoms with Gasteiger partial charge in [-0.05, 0) is 97.7 Å². The van der Waals surface area contributed by atoms with Crippen molar-refractivity contribution in [3.63, 3.8) is 0 Å². The van der Waals surface area contributed by atoms with Crippen molar-refractivity contribution in [3.8, 4) is 5.75 Å². The summed E-state index contributed by atoms with van der Waals surface area (Å²) in [6.45, 7) is 11.7. The van der Waals surface area contributed by atoms with Gasteiger partial charge in [0, 0.05) is 42.0 Å². The summed E-state index contributed by atoms with van der Waals surface area (Å²) < 4.78 is 29.4. The molecule has 6 atom stereocenters. The number of hydrogen-bond acceptors (Lipinski definition) is 5. The van der Waals surface area contributed by atoms with E-state index in [0.29, 0.717) is 30.4 Å². The van der Waals surface area contributed by atoms with E-state index in [0.717, 1.165) is 61.7 Å². The lowest BCUT2D eigenvalue weighted by molar-refractivity contribution is 0.0135. The number of hydrogen-bond donors (Lipinski definition) is 1. The topological polar surface area (TPSA) is 94.2 Å². The number of anilines is 1. The minimum absolute atomic E-state index is 0.000793. The number of fused-ring (bicyclic) bond motifs is 3. The molecule has 0 bridgehead atoms. The van der Waals surface area contributed by atoms with E-state index in [1.807, 2.05) is 31.2 Å². The molecular formula is C34H44ClN3O4S. The molecule has 1 unspecified atom stereocenters. The molecule has 7 nitrogen and oxygen atoms in total. The maximum absolute atomic E-state index is 13.3. The number of carbonyl (C=O) groups is 1. The van der Waals surface area contributed by atoms with Gasteiger partial charge in [-0.2, -0.15) is 0 Å². The van der Waals surface area contributed by atoms with E-state index >= 15 is 0 Å². The highest BCUT2D eigenvalue weighted by atomic mass is 35.5. The summed E-state index contributed by atoms with van der Waals surface area (Å²) in [4.78, 5) is 15.7. The van der Waals surface area contributed by atoms with Crippen LogP contribution >= 0.6 is 11.6 Å². The maximum Gasteiger partial charge on any atom is 0.286 e. The van der Waals surface area contributed by atoms with Crippen molar-refractivity contribution in [2.75, 3.05) is 37.5 Å². The normalized spacial score (nSPS) is 25.5. The van der Waals surface area contributed by atoms with Crippen LogP contribution < -0.4 is 14.8 Å². The van der Waals surface area contributed by atoms with Gasteiger partial charge >= 0.3 is 0 Å². The summed E-state index contributed by atoms with van der Waals surface area (Å²) in [5.41, 5.74) is 3.53. The van der Waals surface area contributed by atoms with E-state index in [9.17, 15) is 9.00 Å². The van der Waals surface area contributed by atoms with Crippen LogP contribution in [0.3, 0.4) is 0 Å². The molecule has 43 heavy (non-hydrogen) atoms. The summed E-state index contributed by atoms with van der Waals surface area (Å²) in [6, 6.07) is 11.6. The van der Waals surface area contributed by atoms with E-state index in [2.05, 4.69) is 34.6 Å². The van der Waals surface area contributed by atoms with E-state index < -0.39 is 15.8 Å². The van der Waals surface area contributed by atoms with Crippen molar-refractivity contribution in [3.05, 3.63) is 83.4 Å². The lowest BCUT2D eigenvalue weighted by atomic mass is 9.68. The Labute approximate surface area is 261 Å². The highest BCUT2D eigenvalue weighted by molar-refractivity contribution is 7.91. The summed E-state index contributed by atoms with van der Waals surface area (Å²) in [7, 11) is -1.45. The number of ether oxygens (including phenoxy) is 2. The Morgan fingerprint density at radius 2 is 2.12 bits per heavy atom. The Balaban J connectivity index is 1.51. The lowest BCUT2D eigenvalue weighted by Gasteiger charge is -2.46. The molecule has 2 aromatic carbocycles. The van der Waals surface area contributed by atoms with Crippen molar-refractivity contribution in [2.45, 2.75) is 57.0 Å². The van der Waals surface area contributed by atoms with Crippen molar-refractivity contribution < 1.29 is 18.5 Å². The van der Waals surface area contributed by atoms with Crippen LogP contribution in [0.1, 0.15) is 60.5 Å². The number of amides is 1. The quantitative estimate of drug-likeness (QED) is 0.295. The second-order valence-corrected chi connectivity index (χ2v) is 14.9. The van der Waals surface area contributed by atoms with Gasteiger partial charge in [0.2, 0.25) is 0 Å². The van der Waals surface area contributed by atoms with Crippen LogP contribution in [0.4, 0.5) is 5.69 Å². The highest BCUT2D eigenvalue weighted by Gasteiger charge is 2.44. The van der Waals surface area contributed by atoms with Crippen LogP contribution in [-0.2, 0) is 26.5 Å². The van der Waals surface area contributed by atoms with Gasteiger partial charge in [0.25, 0.3) is 5.91 Å². The van der Waals surface area contributed by atoms with Crippen molar-refractivity contribution in [2.24, 2.45) is 27.3 Å². The molecule has 1 aliphatic heterocycles. The van der Waals surface area contributed by atoms with Gasteiger partial charge in [-0.15, -0.1) is 17.5 Å². The third-order valence-corrected chi connectivity index (χ3v) is 11.2. The average molecular weight is 626 g/mol. The van der Waals surface area contributed by atoms with Crippen molar-refractivity contribution >= 4 is 33.1 Å². The summed E-state index contributed by atoms with van der Waals surface area (Å²) in [5.74, 6) is 1.06. The molecule has 9 heteroatoms. The fraction of sp³-hybridized carbons (Fsp3) is 0.500. The number of aryl methyl sites for hydroxylation is 1. The highest BCUT2D eigenvalue weighted by Crippen LogP contribution is 2.47. The van der Waals surface area contributed by atoms with Gasteiger partial charge in [-0.3, -0.25) is 4.79 Å². The number of allylic oxidation sites excluding steroid dienone is 1. The number of benzene rings is 2. The molecule has 2 N–H and O–H groups in total. The smallest absolute Gasteiger partial charge is 0.286 e. The summed E-state index contributed by atoms with van der Waals surface area (Å²) in [6.07, 6.45) is 9.53. The predicted octanol–water partition coefficient (Wildman–Crippen LogP) is 6.73. The Morgan fingerprint density at radius 3 is 2.81 bits per heavy atom. The SMILES string of the molecule is C=CC[C@H](C)CS(N)(=O)=NC(=O)c1ccc2c(c1)N(C[C@@H]1CC[C@H]1[C@H](C=C)OC)C[C@@]1(CCCc3cc(Cl)ccc31)CO2. The minimum Gasteiger partial charge on any atom is -0.490 e. The van der Waals surface area contributed by atoms with Gasteiger partial charge < -0.3 is 14.4 Å². The molecule has 1 spiro atoms. The average Bonchev–Trinajstić information content (AvgIpc) is 3.10. The maximum atomic E-state index is 13.3. The van der Waals surface area contributed by atoms with Crippen LogP contribution in [0.15, 0.2) is 66.1 Å². The Morgan fingerprint density at radius 1 is 1.30 bits per heavy atom. The van der Waals surface area contributed by atoms with Crippen LogP contribution in [0, 0.1) is 17.8 Å². The van der Waals surface area contributed by atoms with Crippen LogP contribution in [0.2, 0.25) is 5.02 Å². The fourth-order valence-electron chi connectivity index (χ4n) is 7.22. The molecule has 2 aromatic rings. The molecule has 0 saturated heterocycles. The summed E-state index contributed by atoms with van der Waals surface area (Å²) >= 11 is 6.41. The van der Waals surface area contributed by atoms with Gasteiger partial charge in [0.1, 0.15) is 15.7 Å².